The van der Waals surface area contributed by atoms with Crippen LogP contribution in [-0.2, 0) is 10.0 Å². The van der Waals surface area contributed by atoms with Crippen molar-refractivity contribution in [3.8, 4) is 23.1 Å². The summed E-state index contributed by atoms with van der Waals surface area (Å²) in [6.07, 6.45) is 1.48. The van der Waals surface area contributed by atoms with Crippen LogP contribution < -0.4 is 19.5 Å². The fourth-order valence-electron chi connectivity index (χ4n) is 3.15. The summed E-state index contributed by atoms with van der Waals surface area (Å²) < 4.78 is 39.3. The lowest BCUT2D eigenvalue weighted by Gasteiger charge is -2.14. The van der Waals surface area contributed by atoms with Crippen molar-refractivity contribution < 1.29 is 27.8 Å². The topological polar surface area (TPSA) is 127 Å². The Hall–Kier alpha value is -4.57. The molecule has 0 aliphatic carbocycles. The highest BCUT2D eigenvalue weighted by molar-refractivity contribution is 7.92. The van der Waals surface area contributed by atoms with Crippen LogP contribution in [0.2, 0.25) is 0 Å². The number of rotatable bonds is 8. The molecule has 3 N–H and O–H groups in total. The normalized spacial score (nSPS) is 10.9. The number of hydrogen-bond acceptors (Lipinski definition) is 7. The lowest BCUT2D eigenvalue weighted by molar-refractivity contribution is 0.102. The van der Waals surface area contributed by atoms with E-state index in [2.05, 4.69) is 15.0 Å². The summed E-state index contributed by atoms with van der Waals surface area (Å²) in [5.74, 6) is -0.0858. The van der Waals surface area contributed by atoms with E-state index in [9.17, 15) is 18.3 Å². The molecule has 0 fully saturated rings. The number of nitrogens with one attached hydrogen (secondary N) is 2. The average molecular weight is 492 g/mol. The highest BCUT2D eigenvalue weighted by atomic mass is 32.2. The molecule has 4 aromatic rings. The summed E-state index contributed by atoms with van der Waals surface area (Å²) in [6, 6.07) is 22.0. The lowest BCUT2D eigenvalue weighted by atomic mass is 10.2. The number of phenolic OH excluding ortho intramolecular Hbond substituents is 1. The van der Waals surface area contributed by atoms with Gasteiger partial charge in [0.2, 0.25) is 5.88 Å². The first-order valence-corrected chi connectivity index (χ1v) is 11.8. The van der Waals surface area contributed by atoms with Gasteiger partial charge in [0, 0.05) is 6.20 Å². The van der Waals surface area contributed by atoms with Crippen LogP contribution >= 0.6 is 0 Å². The average Bonchev–Trinajstić information content (AvgIpc) is 2.86. The van der Waals surface area contributed by atoms with Crippen molar-refractivity contribution in [1.29, 1.82) is 0 Å². The van der Waals surface area contributed by atoms with Crippen LogP contribution in [0.25, 0.3) is 0 Å². The van der Waals surface area contributed by atoms with Crippen molar-refractivity contribution in [2.45, 2.75) is 4.90 Å². The predicted octanol–water partition coefficient (Wildman–Crippen LogP) is 4.64. The van der Waals surface area contributed by atoms with E-state index in [1.54, 1.807) is 54.6 Å². The molecule has 0 radical (unpaired) electrons. The smallest absolute Gasteiger partial charge is 0.262 e. The minimum absolute atomic E-state index is 0.0531. The first-order chi connectivity index (χ1) is 16.9. The molecule has 1 aromatic heterocycles. The van der Waals surface area contributed by atoms with Crippen LogP contribution in [0.1, 0.15) is 10.4 Å². The second-order valence-corrected chi connectivity index (χ2v) is 8.89. The number of hydrogen-bond donors (Lipinski definition) is 3. The molecule has 4 rings (SSSR count). The largest absolute Gasteiger partial charge is 0.506 e. The van der Waals surface area contributed by atoms with Crippen LogP contribution in [-0.4, -0.2) is 31.5 Å². The van der Waals surface area contributed by atoms with Gasteiger partial charge in [-0.3, -0.25) is 9.52 Å². The summed E-state index contributed by atoms with van der Waals surface area (Å²) in [5, 5.41) is 12.8. The Balaban J connectivity index is 1.59. The van der Waals surface area contributed by atoms with Gasteiger partial charge in [-0.1, -0.05) is 30.3 Å². The van der Waals surface area contributed by atoms with Crippen LogP contribution in [0.4, 0.5) is 11.4 Å². The quantitative estimate of drug-likeness (QED) is 0.306. The summed E-state index contributed by atoms with van der Waals surface area (Å²) >= 11 is 0. The number of sulfonamides is 1. The Bertz CT molecular complexity index is 1460. The van der Waals surface area contributed by atoms with Gasteiger partial charge in [-0.25, -0.2) is 13.4 Å². The Kier molecular flexibility index (Phi) is 6.83. The monoisotopic (exact) mass is 491 g/mol. The molecule has 178 valence electrons. The molecular formula is C25H21N3O6S. The number of aromatic nitrogens is 1. The van der Waals surface area contributed by atoms with Crippen LogP contribution in [0.5, 0.6) is 23.1 Å². The van der Waals surface area contributed by atoms with Gasteiger partial charge in [-0.15, -0.1) is 0 Å². The number of carbonyl (C=O) groups is 1. The standard InChI is InChI=1S/C25H21N3O6S/c1-33-23-12-6-5-11-20(23)28-35(31,32)18-13-14-22(29)21(16-18)27-24(30)19-10-7-15-26-25(19)34-17-8-3-2-4-9-17/h2-16,28-29H,1H3,(H,27,30). The fraction of sp³-hybridized carbons (Fsp3) is 0.0400. The molecule has 10 heteroatoms. The lowest BCUT2D eigenvalue weighted by Crippen LogP contribution is -2.16. The van der Waals surface area contributed by atoms with Gasteiger partial charge >= 0.3 is 0 Å². The minimum atomic E-state index is -4.06. The van der Waals surface area contributed by atoms with E-state index < -0.39 is 15.9 Å². The molecule has 0 bridgehead atoms. The second kappa shape index (κ2) is 10.1. The number of carbonyl (C=O) groups excluding carboxylic acids is 1. The van der Waals surface area contributed by atoms with Crippen molar-refractivity contribution in [2.75, 3.05) is 17.1 Å². The molecule has 0 saturated carbocycles. The highest BCUT2D eigenvalue weighted by Gasteiger charge is 2.21. The van der Waals surface area contributed by atoms with Crippen molar-refractivity contribution in [3.63, 3.8) is 0 Å². The number of benzene rings is 3. The fourth-order valence-corrected chi connectivity index (χ4v) is 4.25. The zero-order chi connectivity index (χ0) is 24.8. The number of pyridine rings is 1. The molecule has 3 aromatic carbocycles. The van der Waals surface area contributed by atoms with Gasteiger partial charge in [0.15, 0.2) is 0 Å². The zero-order valence-corrected chi connectivity index (χ0v) is 19.3. The maximum absolute atomic E-state index is 13.0. The number of anilines is 2. The maximum Gasteiger partial charge on any atom is 0.262 e. The Morgan fingerprint density at radius 2 is 1.66 bits per heavy atom. The number of methoxy groups -OCH3 is 1. The van der Waals surface area contributed by atoms with E-state index in [4.69, 9.17) is 9.47 Å². The third-order valence-corrected chi connectivity index (χ3v) is 6.21. The number of aromatic hydroxyl groups is 1. The number of ether oxygens (including phenoxy) is 2. The molecule has 0 atom stereocenters. The van der Waals surface area contributed by atoms with Gasteiger partial charge in [-0.05, 0) is 54.6 Å². The van der Waals surface area contributed by atoms with E-state index in [1.807, 2.05) is 6.07 Å². The molecule has 1 heterocycles. The highest BCUT2D eigenvalue weighted by Crippen LogP contribution is 2.31. The van der Waals surface area contributed by atoms with E-state index >= 15 is 0 Å². The van der Waals surface area contributed by atoms with Crippen molar-refractivity contribution in [3.05, 3.63) is 96.7 Å². The minimum Gasteiger partial charge on any atom is -0.506 e. The summed E-state index contributed by atoms with van der Waals surface area (Å²) in [4.78, 5) is 16.9. The van der Waals surface area contributed by atoms with E-state index in [1.165, 1.54) is 31.5 Å². The predicted molar refractivity (Wildman–Crippen MR) is 131 cm³/mol. The van der Waals surface area contributed by atoms with Crippen LogP contribution in [0.15, 0.2) is 96.0 Å². The number of amides is 1. The SMILES string of the molecule is COc1ccccc1NS(=O)(=O)c1ccc(O)c(NC(=O)c2cccnc2Oc2ccccc2)c1. The number of phenols is 1. The molecule has 35 heavy (non-hydrogen) atoms. The van der Waals surface area contributed by atoms with Gasteiger partial charge < -0.3 is 19.9 Å². The summed E-state index contributed by atoms with van der Waals surface area (Å²) in [7, 11) is -2.64. The Labute approximate surface area is 202 Å². The second-order valence-electron chi connectivity index (χ2n) is 7.21. The molecule has 1 amide bonds. The van der Waals surface area contributed by atoms with Crippen LogP contribution in [0.3, 0.4) is 0 Å². The van der Waals surface area contributed by atoms with Crippen LogP contribution in [0, 0.1) is 0 Å². The third kappa shape index (κ3) is 5.50. The molecule has 0 saturated heterocycles. The molecule has 0 unspecified atom stereocenters. The molecule has 9 nitrogen and oxygen atoms in total. The van der Waals surface area contributed by atoms with E-state index in [0.717, 1.165) is 6.07 Å². The molecule has 0 aliphatic heterocycles. The number of para-hydroxylation sites is 3. The van der Waals surface area contributed by atoms with Gasteiger partial charge in [0.25, 0.3) is 15.9 Å². The van der Waals surface area contributed by atoms with Crippen molar-refractivity contribution in [1.82, 2.24) is 4.98 Å². The van der Waals surface area contributed by atoms with Gasteiger partial charge in [0.05, 0.1) is 23.4 Å². The summed E-state index contributed by atoms with van der Waals surface area (Å²) in [6.45, 7) is 0. The maximum atomic E-state index is 13.0. The first-order valence-electron chi connectivity index (χ1n) is 10.4. The van der Waals surface area contributed by atoms with Crippen molar-refractivity contribution in [2.24, 2.45) is 0 Å². The van der Waals surface area contributed by atoms with E-state index in [-0.39, 0.29) is 33.5 Å². The Morgan fingerprint density at radius 1 is 0.914 bits per heavy atom. The number of nitrogens with zero attached hydrogens (tertiary/aromatic N) is 1. The summed E-state index contributed by atoms with van der Waals surface area (Å²) in [5.41, 5.74) is 0.232. The van der Waals surface area contributed by atoms with E-state index in [0.29, 0.717) is 11.5 Å². The molecule has 0 aliphatic rings. The zero-order valence-electron chi connectivity index (χ0n) is 18.5. The van der Waals surface area contributed by atoms with Gasteiger partial charge in [0.1, 0.15) is 22.8 Å². The first kappa shape index (κ1) is 23.6. The van der Waals surface area contributed by atoms with Gasteiger partial charge in [-0.2, -0.15) is 0 Å². The molecule has 0 spiro atoms. The Morgan fingerprint density at radius 3 is 2.43 bits per heavy atom. The van der Waals surface area contributed by atoms with Crippen molar-refractivity contribution >= 4 is 27.3 Å². The molecular weight excluding hydrogens is 470 g/mol. The third-order valence-electron chi connectivity index (χ3n) is 4.85.